The second kappa shape index (κ2) is 10.3. The number of hydrogen-bond acceptors (Lipinski definition) is 4. The van der Waals surface area contributed by atoms with E-state index in [1.54, 1.807) is 0 Å². The summed E-state index contributed by atoms with van der Waals surface area (Å²) in [6.07, 6.45) is 2.28. The SMILES string of the molecule is Cc1nc2ccc(-c3cc(F)cc(OCC(C)C)c3)cc2c(=O)n1C[C@H]1CCCN(C(C)C)C1. The van der Waals surface area contributed by atoms with Crippen molar-refractivity contribution in [3.8, 4) is 16.9 Å². The molecule has 0 amide bonds. The first-order chi connectivity index (χ1) is 16.2. The number of likely N-dealkylation sites (tertiary alicyclic amines) is 1. The van der Waals surface area contributed by atoms with Crippen LogP contribution in [0.15, 0.2) is 41.2 Å². The maximum absolute atomic E-state index is 14.3. The van der Waals surface area contributed by atoms with Gasteiger partial charge in [0.05, 0.1) is 17.5 Å². The van der Waals surface area contributed by atoms with Gasteiger partial charge in [0.25, 0.3) is 5.56 Å². The lowest BCUT2D eigenvalue weighted by molar-refractivity contribution is 0.129. The van der Waals surface area contributed by atoms with Crippen molar-refractivity contribution in [1.82, 2.24) is 14.5 Å². The van der Waals surface area contributed by atoms with E-state index in [9.17, 15) is 9.18 Å². The second-order valence-electron chi connectivity index (χ2n) is 10.3. The molecule has 2 heterocycles. The lowest BCUT2D eigenvalue weighted by Crippen LogP contribution is -2.42. The number of aromatic nitrogens is 2. The average Bonchev–Trinajstić information content (AvgIpc) is 2.80. The molecule has 3 aromatic rings. The molecular weight excluding hydrogens is 429 g/mol. The number of hydrogen-bond donors (Lipinski definition) is 0. The minimum Gasteiger partial charge on any atom is -0.493 e. The zero-order chi connectivity index (χ0) is 24.4. The summed E-state index contributed by atoms with van der Waals surface area (Å²) >= 11 is 0. The fourth-order valence-electron chi connectivity index (χ4n) is 4.78. The minimum absolute atomic E-state index is 0.0290. The number of fused-ring (bicyclic) bond motifs is 1. The van der Waals surface area contributed by atoms with Crippen LogP contribution >= 0.6 is 0 Å². The first-order valence-electron chi connectivity index (χ1n) is 12.4. The number of aryl methyl sites for hydroxylation is 1. The number of halogens is 1. The highest BCUT2D eigenvalue weighted by molar-refractivity contribution is 5.84. The fraction of sp³-hybridized carbons (Fsp3) is 0.500. The number of benzene rings is 2. The number of piperidine rings is 1. The number of rotatable bonds is 7. The maximum atomic E-state index is 14.3. The Morgan fingerprint density at radius 2 is 1.91 bits per heavy atom. The quantitative estimate of drug-likeness (QED) is 0.451. The number of ether oxygens (including phenoxy) is 1. The third kappa shape index (κ3) is 5.49. The molecule has 1 aliphatic rings. The van der Waals surface area contributed by atoms with Gasteiger partial charge in [-0.05, 0) is 87.4 Å². The van der Waals surface area contributed by atoms with Crippen LogP contribution in [-0.2, 0) is 6.54 Å². The standard InChI is InChI=1S/C28H36FN3O2/c1-18(2)17-34-25-12-23(11-24(29)14-25)22-8-9-27-26(13-22)28(33)32(20(5)30-27)16-21-7-6-10-31(15-21)19(3)4/h8-9,11-14,18-19,21H,6-7,10,15-17H2,1-5H3/t21-/m0/s1. The molecule has 6 heteroatoms. The molecule has 1 atom stereocenters. The van der Waals surface area contributed by atoms with E-state index >= 15 is 0 Å². The Labute approximate surface area is 201 Å². The Bertz CT molecular complexity index is 1220. The Balaban J connectivity index is 1.67. The molecule has 0 bridgehead atoms. The van der Waals surface area contributed by atoms with Gasteiger partial charge in [0, 0.05) is 25.2 Å². The van der Waals surface area contributed by atoms with Gasteiger partial charge >= 0.3 is 0 Å². The fourth-order valence-corrected chi connectivity index (χ4v) is 4.78. The van der Waals surface area contributed by atoms with Crippen molar-refractivity contribution in [2.45, 2.75) is 60.0 Å². The largest absolute Gasteiger partial charge is 0.493 e. The van der Waals surface area contributed by atoms with Crippen LogP contribution in [0.25, 0.3) is 22.0 Å². The summed E-state index contributed by atoms with van der Waals surface area (Å²) in [5.41, 5.74) is 2.10. The van der Waals surface area contributed by atoms with Gasteiger partial charge in [-0.3, -0.25) is 9.36 Å². The summed E-state index contributed by atoms with van der Waals surface area (Å²) in [5, 5.41) is 0.563. The molecule has 4 rings (SSSR count). The molecule has 1 saturated heterocycles. The molecule has 0 radical (unpaired) electrons. The van der Waals surface area contributed by atoms with Gasteiger partial charge in [0.1, 0.15) is 17.4 Å². The van der Waals surface area contributed by atoms with Crippen LogP contribution in [0.4, 0.5) is 4.39 Å². The van der Waals surface area contributed by atoms with E-state index in [4.69, 9.17) is 9.72 Å². The van der Waals surface area contributed by atoms with Crippen LogP contribution < -0.4 is 10.3 Å². The summed E-state index contributed by atoms with van der Waals surface area (Å²) < 4.78 is 21.9. The summed E-state index contributed by atoms with van der Waals surface area (Å²) in [7, 11) is 0. The highest BCUT2D eigenvalue weighted by Gasteiger charge is 2.23. The van der Waals surface area contributed by atoms with E-state index in [0.717, 1.165) is 37.3 Å². The highest BCUT2D eigenvalue weighted by atomic mass is 19.1. The van der Waals surface area contributed by atoms with Crippen molar-refractivity contribution in [1.29, 1.82) is 0 Å². The zero-order valence-corrected chi connectivity index (χ0v) is 21.0. The lowest BCUT2D eigenvalue weighted by Gasteiger charge is -2.35. The molecule has 1 fully saturated rings. The van der Waals surface area contributed by atoms with E-state index in [-0.39, 0.29) is 11.4 Å². The Morgan fingerprint density at radius 3 is 2.65 bits per heavy atom. The predicted octanol–water partition coefficient (Wildman–Crippen LogP) is 5.67. The van der Waals surface area contributed by atoms with Crippen molar-refractivity contribution in [2.24, 2.45) is 11.8 Å². The molecule has 182 valence electrons. The van der Waals surface area contributed by atoms with Crippen molar-refractivity contribution >= 4 is 10.9 Å². The van der Waals surface area contributed by atoms with Gasteiger partial charge < -0.3 is 9.64 Å². The van der Waals surface area contributed by atoms with E-state index in [0.29, 0.717) is 53.2 Å². The van der Waals surface area contributed by atoms with E-state index in [1.807, 2.05) is 35.8 Å². The predicted molar refractivity (Wildman–Crippen MR) is 136 cm³/mol. The molecule has 34 heavy (non-hydrogen) atoms. The molecule has 0 unspecified atom stereocenters. The summed E-state index contributed by atoms with van der Waals surface area (Å²) in [5.74, 6) is 1.65. The van der Waals surface area contributed by atoms with Crippen LogP contribution in [0, 0.1) is 24.6 Å². The van der Waals surface area contributed by atoms with Crippen LogP contribution in [0.5, 0.6) is 5.75 Å². The van der Waals surface area contributed by atoms with E-state index in [1.165, 1.54) is 12.1 Å². The average molecular weight is 466 g/mol. The minimum atomic E-state index is -0.359. The van der Waals surface area contributed by atoms with Gasteiger partial charge in [-0.2, -0.15) is 0 Å². The Morgan fingerprint density at radius 1 is 1.12 bits per heavy atom. The van der Waals surface area contributed by atoms with E-state index < -0.39 is 0 Å². The molecule has 0 aliphatic carbocycles. The van der Waals surface area contributed by atoms with Gasteiger partial charge in [-0.25, -0.2) is 9.37 Å². The van der Waals surface area contributed by atoms with Gasteiger partial charge in [-0.15, -0.1) is 0 Å². The van der Waals surface area contributed by atoms with Crippen LogP contribution in [0.3, 0.4) is 0 Å². The summed E-state index contributed by atoms with van der Waals surface area (Å²) in [6, 6.07) is 10.8. The second-order valence-corrected chi connectivity index (χ2v) is 10.3. The first-order valence-corrected chi connectivity index (χ1v) is 12.4. The van der Waals surface area contributed by atoms with Gasteiger partial charge in [0.2, 0.25) is 0 Å². The summed E-state index contributed by atoms with van der Waals surface area (Å²) in [4.78, 5) is 20.8. The molecule has 0 N–H and O–H groups in total. The van der Waals surface area contributed by atoms with Crippen LogP contribution in [-0.4, -0.2) is 40.2 Å². The maximum Gasteiger partial charge on any atom is 0.261 e. The van der Waals surface area contributed by atoms with Crippen molar-refractivity contribution in [3.63, 3.8) is 0 Å². The lowest BCUT2D eigenvalue weighted by atomic mass is 9.96. The third-order valence-corrected chi connectivity index (χ3v) is 6.65. The molecule has 1 aliphatic heterocycles. The van der Waals surface area contributed by atoms with Crippen molar-refractivity contribution < 1.29 is 9.13 Å². The topological polar surface area (TPSA) is 47.4 Å². The highest BCUT2D eigenvalue weighted by Crippen LogP contribution is 2.28. The molecule has 1 aromatic heterocycles. The molecular formula is C28H36FN3O2. The number of nitrogens with zero attached hydrogens (tertiary/aromatic N) is 3. The summed E-state index contributed by atoms with van der Waals surface area (Å²) in [6.45, 7) is 13.8. The molecule has 0 spiro atoms. The molecule has 2 aromatic carbocycles. The normalized spacial score (nSPS) is 17.1. The van der Waals surface area contributed by atoms with Crippen molar-refractivity contribution in [2.75, 3.05) is 19.7 Å². The van der Waals surface area contributed by atoms with Crippen LogP contribution in [0.1, 0.15) is 46.4 Å². The van der Waals surface area contributed by atoms with Gasteiger partial charge in [-0.1, -0.05) is 19.9 Å². The molecule has 0 saturated carbocycles. The smallest absolute Gasteiger partial charge is 0.261 e. The van der Waals surface area contributed by atoms with Crippen molar-refractivity contribution in [3.05, 3.63) is 58.4 Å². The van der Waals surface area contributed by atoms with Gasteiger partial charge in [0.15, 0.2) is 0 Å². The third-order valence-electron chi connectivity index (χ3n) is 6.65. The Hall–Kier alpha value is -2.73. The Kier molecular flexibility index (Phi) is 7.36. The molecule has 5 nitrogen and oxygen atoms in total. The first kappa shape index (κ1) is 24.4. The van der Waals surface area contributed by atoms with E-state index in [2.05, 4.69) is 32.6 Å². The van der Waals surface area contributed by atoms with Crippen LogP contribution in [0.2, 0.25) is 0 Å². The zero-order valence-electron chi connectivity index (χ0n) is 21.0. The monoisotopic (exact) mass is 465 g/mol.